The first-order chi connectivity index (χ1) is 16.8. The number of rotatable bonds is 8. The Morgan fingerprint density at radius 1 is 1.11 bits per heavy atom. The van der Waals surface area contributed by atoms with Crippen molar-refractivity contribution in [3.8, 4) is 5.75 Å². The fourth-order valence-corrected chi connectivity index (χ4v) is 5.08. The van der Waals surface area contributed by atoms with Gasteiger partial charge < -0.3 is 24.1 Å². The highest BCUT2D eigenvalue weighted by Crippen LogP contribution is 2.44. The first-order valence-corrected chi connectivity index (χ1v) is 11.9. The molecule has 1 aliphatic heterocycles. The van der Waals surface area contributed by atoms with Crippen LogP contribution in [0.25, 0.3) is 10.8 Å². The van der Waals surface area contributed by atoms with E-state index in [4.69, 9.17) is 30.5 Å². The largest absolute Gasteiger partial charge is 0.494 e. The third-order valence-corrected chi connectivity index (χ3v) is 6.78. The Hall–Kier alpha value is -2.29. The molecule has 5 nitrogen and oxygen atoms in total. The van der Waals surface area contributed by atoms with E-state index in [-0.39, 0.29) is 30.8 Å². The summed E-state index contributed by atoms with van der Waals surface area (Å²) in [6, 6.07) is 11.5. The summed E-state index contributed by atoms with van der Waals surface area (Å²) in [6.07, 6.45) is -0.601. The van der Waals surface area contributed by atoms with E-state index in [0.717, 1.165) is 5.39 Å². The van der Waals surface area contributed by atoms with Crippen molar-refractivity contribution >= 4 is 22.4 Å². The van der Waals surface area contributed by atoms with Crippen molar-refractivity contribution in [3.05, 3.63) is 75.8 Å². The number of hydrogen-bond donors (Lipinski definition) is 1. The van der Waals surface area contributed by atoms with Gasteiger partial charge in [-0.1, -0.05) is 35.9 Å². The topological polar surface area (TPSA) is 57.2 Å². The molecule has 188 valence electrons. The Labute approximate surface area is 208 Å². The van der Waals surface area contributed by atoms with Crippen LogP contribution in [0.2, 0.25) is 5.02 Å². The van der Waals surface area contributed by atoms with E-state index in [2.05, 4.69) is 0 Å². The van der Waals surface area contributed by atoms with Gasteiger partial charge in [0, 0.05) is 62.1 Å². The number of aliphatic hydroxyl groups is 1. The maximum atomic E-state index is 14.9. The minimum Gasteiger partial charge on any atom is -0.494 e. The lowest BCUT2D eigenvalue weighted by Crippen LogP contribution is -2.47. The Balaban J connectivity index is 1.85. The van der Waals surface area contributed by atoms with Crippen molar-refractivity contribution in [2.75, 3.05) is 27.4 Å². The van der Waals surface area contributed by atoms with Crippen molar-refractivity contribution in [3.63, 3.8) is 0 Å². The molecule has 1 aliphatic rings. The van der Waals surface area contributed by atoms with Crippen LogP contribution in [0.3, 0.4) is 0 Å². The predicted molar refractivity (Wildman–Crippen MR) is 130 cm³/mol. The van der Waals surface area contributed by atoms with Gasteiger partial charge in [0.2, 0.25) is 0 Å². The maximum absolute atomic E-state index is 14.9. The number of hydrogen-bond acceptors (Lipinski definition) is 5. The molecule has 0 aromatic heterocycles. The van der Waals surface area contributed by atoms with Crippen LogP contribution < -0.4 is 4.74 Å². The molecular formula is C27H29ClF2O5. The number of aliphatic hydroxyl groups excluding tert-OH is 1. The smallest absolute Gasteiger partial charge is 0.198 e. The Bertz CT molecular complexity index is 1180. The molecule has 0 saturated carbocycles. The number of halogens is 3. The van der Waals surface area contributed by atoms with E-state index in [1.54, 1.807) is 20.1 Å². The summed E-state index contributed by atoms with van der Waals surface area (Å²) in [5, 5.41) is 12.5. The lowest BCUT2D eigenvalue weighted by Gasteiger charge is -2.43. The van der Waals surface area contributed by atoms with Crippen LogP contribution in [0.15, 0.2) is 42.5 Å². The van der Waals surface area contributed by atoms with Gasteiger partial charge in [-0.25, -0.2) is 8.78 Å². The second-order valence-corrected chi connectivity index (χ2v) is 9.04. The molecular weight excluding hydrogens is 478 g/mol. The first kappa shape index (κ1) is 25.8. The van der Waals surface area contributed by atoms with Crippen LogP contribution >= 0.6 is 11.6 Å². The summed E-state index contributed by atoms with van der Waals surface area (Å²) >= 11 is 6.76. The summed E-state index contributed by atoms with van der Waals surface area (Å²) < 4.78 is 52.5. The normalized spacial score (nSPS) is 22.5. The highest BCUT2D eigenvalue weighted by molar-refractivity contribution is 6.36. The Morgan fingerprint density at radius 3 is 2.43 bits per heavy atom. The lowest BCUT2D eigenvalue weighted by molar-refractivity contribution is -0.299. The van der Waals surface area contributed by atoms with Crippen LogP contribution in [0.5, 0.6) is 5.75 Å². The Morgan fingerprint density at radius 2 is 1.80 bits per heavy atom. The van der Waals surface area contributed by atoms with E-state index in [9.17, 15) is 13.9 Å². The monoisotopic (exact) mass is 506 g/mol. The second-order valence-electron chi connectivity index (χ2n) is 8.66. The lowest BCUT2D eigenvalue weighted by atomic mass is 9.87. The molecule has 1 N–H and O–H groups in total. The van der Waals surface area contributed by atoms with Gasteiger partial charge >= 0.3 is 0 Å². The minimum atomic E-state index is -1.30. The predicted octanol–water partition coefficient (Wildman–Crippen LogP) is 5.75. The molecule has 1 heterocycles. The van der Waals surface area contributed by atoms with Crippen molar-refractivity contribution in [2.24, 2.45) is 0 Å². The van der Waals surface area contributed by atoms with Gasteiger partial charge in [-0.05, 0) is 23.9 Å². The van der Waals surface area contributed by atoms with Gasteiger partial charge in [0.25, 0.3) is 0 Å². The third-order valence-electron chi connectivity index (χ3n) is 6.34. The fourth-order valence-electron chi connectivity index (χ4n) is 4.80. The molecule has 0 radical (unpaired) electrons. The van der Waals surface area contributed by atoms with Gasteiger partial charge in [0.1, 0.15) is 17.4 Å². The molecule has 3 atom stereocenters. The van der Waals surface area contributed by atoms with E-state index in [0.29, 0.717) is 34.6 Å². The van der Waals surface area contributed by atoms with Crippen molar-refractivity contribution in [2.45, 2.75) is 44.2 Å². The highest BCUT2D eigenvalue weighted by atomic mass is 35.5. The molecule has 0 bridgehead atoms. The number of methoxy groups -OCH3 is 2. The van der Waals surface area contributed by atoms with Crippen LogP contribution in [0.4, 0.5) is 8.78 Å². The zero-order valence-electron chi connectivity index (χ0n) is 19.9. The molecule has 0 amide bonds. The van der Waals surface area contributed by atoms with Gasteiger partial charge in [-0.15, -0.1) is 0 Å². The SMILES string of the molecule is CCOc1cc(F)c(Cc2cc([C@@]3(OC)C[C@@H](O)C[C@@H](COC)O3)c3ccccc3c2Cl)c(F)c1. The number of benzene rings is 3. The summed E-state index contributed by atoms with van der Waals surface area (Å²) in [5.41, 5.74) is 1.01. The first-order valence-electron chi connectivity index (χ1n) is 11.5. The van der Waals surface area contributed by atoms with E-state index in [1.807, 2.05) is 24.3 Å². The molecule has 1 fully saturated rings. The molecule has 35 heavy (non-hydrogen) atoms. The maximum Gasteiger partial charge on any atom is 0.198 e. The van der Waals surface area contributed by atoms with Crippen LogP contribution in [0.1, 0.15) is 36.5 Å². The Kier molecular flexibility index (Phi) is 7.93. The fraction of sp³-hybridized carbons (Fsp3) is 0.407. The molecule has 0 unspecified atom stereocenters. The average Bonchev–Trinajstić information content (AvgIpc) is 2.82. The quantitative estimate of drug-likeness (QED) is 0.422. The summed E-state index contributed by atoms with van der Waals surface area (Å²) in [5.74, 6) is -2.60. The number of fused-ring (bicyclic) bond motifs is 1. The van der Waals surface area contributed by atoms with Gasteiger partial charge in [-0.3, -0.25) is 0 Å². The molecule has 3 aromatic carbocycles. The standard InChI is InChI=1S/C27H29ClF2O5/c1-4-34-18-12-24(29)22(25(30)13-18)9-16-10-23(20-7-5-6-8-21(20)26(16)28)27(33-3)14-17(31)11-19(35-27)15-32-2/h5-8,10,12-13,17,19,31H,4,9,11,14-15H2,1-3H3/t17-,19-,27+/m0/s1. The van der Waals surface area contributed by atoms with Crippen molar-refractivity contribution in [1.82, 2.24) is 0 Å². The summed E-state index contributed by atoms with van der Waals surface area (Å²) in [7, 11) is 3.07. The van der Waals surface area contributed by atoms with Crippen LogP contribution in [0, 0.1) is 11.6 Å². The molecule has 0 spiro atoms. The van der Waals surface area contributed by atoms with E-state index in [1.165, 1.54) is 19.2 Å². The van der Waals surface area contributed by atoms with Crippen molar-refractivity contribution in [1.29, 1.82) is 0 Å². The molecule has 8 heteroatoms. The average molecular weight is 507 g/mol. The summed E-state index contributed by atoms with van der Waals surface area (Å²) in [4.78, 5) is 0. The third kappa shape index (κ3) is 5.15. The molecule has 3 aromatic rings. The minimum absolute atomic E-state index is 0.0927. The van der Waals surface area contributed by atoms with Gasteiger partial charge in [-0.2, -0.15) is 0 Å². The van der Waals surface area contributed by atoms with Gasteiger partial charge in [0.05, 0.1) is 30.4 Å². The number of ether oxygens (including phenoxy) is 4. The van der Waals surface area contributed by atoms with E-state index < -0.39 is 29.6 Å². The van der Waals surface area contributed by atoms with Gasteiger partial charge in [0.15, 0.2) is 5.79 Å². The summed E-state index contributed by atoms with van der Waals surface area (Å²) in [6.45, 7) is 2.32. The van der Waals surface area contributed by atoms with Crippen LogP contribution in [-0.2, 0) is 26.4 Å². The zero-order valence-corrected chi connectivity index (χ0v) is 20.7. The van der Waals surface area contributed by atoms with Crippen LogP contribution in [-0.4, -0.2) is 44.7 Å². The van der Waals surface area contributed by atoms with Crippen molar-refractivity contribution < 1.29 is 32.8 Å². The zero-order chi connectivity index (χ0) is 25.2. The molecule has 0 aliphatic carbocycles. The highest BCUT2D eigenvalue weighted by Gasteiger charge is 2.44. The molecule has 4 rings (SSSR count). The molecule has 1 saturated heterocycles. The van der Waals surface area contributed by atoms with E-state index >= 15 is 0 Å². The second kappa shape index (κ2) is 10.8.